The first-order valence-electron chi connectivity index (χ1n) is 3.40. The molecule has 2 aromatic heterocycles. The van der Waals surface area contributed by atoms with E-state index in [1.54, 1.807) is 6.07 Å². The van der Waals surface area contributed by atoms with E-state index in [-0.39, 0.29) is 6.54 Å². The summed E-state index contributed by atoms with van der Waals surface area (Å²) in [5.41, 5.74) is 6.45. The van der Waals surface area contributed by atoms with Crippen LogP contribution in [0.2, 0.25) is 5.02 Å². The van der Waals surface area contributed by atoms with Gasteiger partial charge in [0.25, 0.3) is 0 Å². The molecule has 2 rings (SSSR count). The van der Waals surface area contributed by atoms with Gasteiger partial charge in [-0.15, -0.1) is 0 Å². The van der Waals surface area contributed by atoms with Crippen LogP contribution in [0.25, 0.3) is 11.2 Å². The van der Waals surface area contributed by atoms with Crippen molar-refractivity contribution in [3.05, 3.63) is 23.2 Å². The molecule has 5 heteroatoms. The first kappa shape index (κ1) is 7.52. The van der Waals surface area contributed by atoms with Gasteiger partial charge in [-0.3, -0.25) is 0 Å². The van der Waals surface area contributed by atoms with Gasteiger partial charge in [0.15, 0.2) is 11.2 Å². The fourth-order valence-electron chi connectivity index (χ4n) is 0.928. The van der Waals surface area contributed by atoms with Gasteiger partial charge in [-0.1, -0.05) is 11.6 Å². The average Bonchev–Trinajstić information content (AvgIpc) is 2.46. The van der Waals surface area contributed by atoms with E-state index in [9.17, 15) is 0 Å². The fourth-order valence-corrected chi connectivity index (χ4v) is 1.08. The number of aromatic nitrogens is 2. The van der Waals surface area contributed by atoms with E-state index in [4.69, 9.17) is 21.8 Å². The van der Waals surface area contributed by atoms with E-state index >= 15 is 0 Å². The summed E-state index contributed by atoms with van der Waals surface area (Å²) in [5, 5.41) is 0.530. The summed E-state index contributed by atoms with van der Waals surface area (Å²) in [6, 6.07) is 1.66. The number of nitrogens with zero attached hydrogens (tertiary/aromatic N) is 2. The van der Waals surface area contributed by atoms with Crippen LogP contribution in [0, 0.1) is 0 Å². The Morgan fingerprint density at radius 2 is 2.42 bits per heavy atom. The van der Waals surface area contributed by atoms with Crippen molar-refractivity contribution in [1.82, 2.24) is 9.97 Å². The Bertz CT molecular complexity index is 412. The first-order chi connectivity index (χ1) is 5.79. The largest absolute Gasteiger partial charge is 0.437 e. The number of nitrogens with two attached hydrogens (primary N) is 1. The lowest BCUT2D eigenvalue weighted by atomic mass is 10.5. The zero-order chi connectivity index (χ0) is 8.55. The summed E-state index contributed by atoms with van der Waals surface area (Å²) >= 11 is 5.69. The lowest BCUT2D eigenvalue weighted by Crippen LogP contribution is -1.95. The highest BCUT2D eigenvalue weighted by Gasteiger charge is 2.04. The summed E-state index contributed by atoms with van der Waals surface area (Å²) in [5.74, 6) is 0.472. The van der Waals surface area contributed by atoms with Crippen LogP contribution in [0.5, 0.6) is 0 Å². The second kappa shape index (κ2) is 2.73. The van der Waals surface area contributed by atoms with E-state index < -0.39 is 0 Å². The van der Waals surface area contributed by atoms with E-state index in [0.29, 0.717) is 22.1 Å². The van der Waals surface area contributed by atoms with Crippen molar-refractivity contribution < 1.29 is 4.42 Å². The van der Waals surface area contributed by atoms with Crippen LogP contribution in [0.1, 0.15) is 5.89 Å². The van der Waals surface area contributed by atoms with Crippen molar-refractivity contribution >= 4 is 22.8 Å². The Kier molecular flexibility index (Phi) is 1.71. The van der Waals surface area contributed by atoms with Crippen molar-refractivity contribution in [2.24, 2.45) is 5.73 Å². The molecule has 0 fully saturated rings. The van der Waals surface area contributed by atoms with Gasteiger partial charge in [0, 0.05) is 12.3 Å². The van der Waals surface area contributed by atoms with E-state index in [0.717, 1.165) is 0 Å². The van der Waals surface area contributed by atoms with Crippen LogP contribution in [0.3, 0.4) is 0 Å². The van der Waals surface area contributed by atoms with Gasteiger partial charge in [0.05, 0.1) is 11.6 Å². The maximum atomic E-state index is 5.69. The number of pyridine rings is 1. The summed E-state index contributed by atoms with van der Waals surface area (Å²) in [6.45, 7) is 0.272. The monoisotopic (exact) mass is 183 g/mol. The van der Waals surface area contributed by atoms with Crippen LogP contribution in [-0.4, -0.2) is 9.97 Å². The molecule has 2 N–H and O–H groups in total. The average molecular weight is 184 g/mol. The van der Waals surface area contributed by atoms with E-state index in [2.05, 4.69) is 9.97 Å². The van der Waals surface area contributed by atoms with Crippen LogP contribution in [-0.2, 0) is 6.54 Å². The van der Waals surface area contributed by atoms with Crippen LogP contribution >= 0.6 is 11.6 Å². The number of hydrogen-bond donors (Lipinski definition) is 1. The molecule has 0 saturated carbocycles. The normalized spacial score (nSPS) is 10.8. The van der Waals surface area contributed by atoms with E-state index in [1.165, 1.54) is 6.20 Å². The Labute approximate surface area is 73.4 Å². The third kappa shape index (κ3) is 1.15. The molecule has 0 radical (unpaired) electrons. The Balaban J connectivity index is 2.67. The number of hydrogen-bond acceptors (Lipinski definition) is 4. The van der Waals surface area contributed by atoms with Crippen LogP contribution in [0.4, 0.5) is 0 Å². The zero-order valence-corrected chi connectivity index (χ0v) is 6.88. The summed E-state index contributed by atoms with van der Waals surface area (Å²) < 4.78 is 5.21. The maximum Gasteiger partial charge on any atom is 0.210 e. The van der Waals surface area contributed by atoms with Gasteiger partial charge in [0.2, 0.25) is 5.89 Å². The molecule has 0 amide bonds. The van der Waals surface area contributed by atoms with Crippen molar-refractivity contribution in [3.63, 3.8) is 0 Å². The molecule has 62 valence electrons. The van der Waals surface area contributed by atoms with Crippen LogP contribution < -0.4 is 5.73 Å². The topological polar surface area (TPSA) is 64.9 Å². The molecule has 0 saturated heterocycles. The predicted molar refractivity (Wildman–Crippen MR) is 44.7 cm³/mol. The lowest BCUT2D eigenvalue weighted by molar-refractivity contribution is 0.533. The molecule has 0 spiro atoms. The minimum absolute atomic E-state index is 0.272. The minimum atomic E-state index is 0.272. The second-order valence-corrected chi connectivity index (χ2v) is 2.72. The SMILES string of the molecule is NCc1nc2ncc(Cl)cc2o1. The molecule has 0 unspecified atom stereocenters. The van der Waals surface area contributed by atoms with Crippen molar-refractivity contribution in [3.8, 4) is 0 Å². The molecular formula is C7H6ClN3O. The lowest BCUT2D eigenvalue weighted by Gasteiger charge is -1.85. The molecule has 0 aliphatic rings. The van der Waals surface area contributed by atoms with Gasteiger partial charge >= 0.3 is 0 Å². The third-order valence-corrected chi connectivity index (χ3v) is 1.64. The first-order valence-corrected chi connectivity index (χ1v) is 3.78. The highest BCUT2D eigenvalue weighted by atomic mass is 35.5. The molecule has 0 atom stereocenters. The number of halogens is 1. The Morgan fingerprint density at radius 1 is 1.58 bits per heavy atom. The molecule has 2 aromatic rings. The number of fused-ring (bicyclic) bond motifs is 1. The minimum Gasteiger partial charge on any atom is -0.437 e. The molecular weight excluding hydrogens is 178 g/mol. The van der Waals surface area contributed by atoms with Gasteiger partial charge in [-0.25, -0.2) is 4.98 Å². The quantitative estimate of drug-likeness (QED) is 0.725. The fraction of sp³-hybridized carbons (Fsp3) is 0.143. The van der Waals surface area contributed by atoms with Crippen molar-refractivity contribution in [2.45, 2.75) is 6.54 Å². The summed E-state index contributed by atoms with van der Waals surface area (Å²) in [7, 11) is 0. The van der Waals surface area contributed by atoms with E-state index in [1.807, 2.05) is 0 Å². The number of rotatable bonds is 1. The second-order valence-electron chi connectivity index (χ2n) is 2.29. The summed E-state index contributed by atoms with van der Waals surface area (Å²) in [6.07, 6.45) is 1.52. The molecule has 0 aliphatic carbocycles. The molecule has 0 aliphatic heterocycles. The van der Waals surface area contributed by atoms with Gasteiger partial charge < -0.3 is 10.2 Å². The van der Waals surface area contributed by atoms with Crippen LogP contribution in [0.15, 0.2) is 16.7 Å². The Morgan fingerprint density at radius 3 is 3.17 bits per heavy atom. The summed E-state index contributed by atoms with van der Waals surface area (Å²) in [4.78, 5) is 7.97. The molecule has 0 aromatic carbocycles. The molecule has 0 bridgehead atoms. The predicted octanol–water partition coefficient (Wildman–Crippen LogP) is 1.33. The van der Waals surface area contributed by atoms with Crippen molar-refractivity contribution in [1.29, 1.82) is 0 Å². The zero-order valence-electron chi connectivity index (χ0n) is 6.12. The smallest absolute Gasteiger partial charge is 0.210 e. The molecule has 2 heterocycles. The maximum absolute atomic E-state index is 5.69. The van der Waals surface area contributed by atoms with Crippen molar-refractivity contribution in [2.75, 3.05) is 0 Å². The molecule has 12 heavy (non-hydrogen) atoms. The van der Waals surface area contributed by atoms with Gasteiger partial charge in [0.1, 0.15) is 0 Å². The highest BCUT2D eigenvalue weighted by molar-refractivity contribution is 6.30. The molecule has 4 nitrogen and oxygen atoms in total. The van der Waals surface area contributed by atoms with Gasteiger partial charge in [-0.05, 0) is 0 Å². The number of oxazole rings is 1. The third-order valence-electron chi connectivity index (χ3n) is 1.43. The Hall–Kier alpha value is -1.13. The standard InChI is InChI=1S/C7H6ClN3O/c8-4-1-5-7(10-3-4)11-6(2-9)12-5/h1,3H,2,9H2. The van der Waals surface area contributed by atoms with Gasteiger partial charge in [-0.2, -0.15) is 4.98 Å². The highest BCUT2D eigenvalue weighted by Crippen LogP contribution is 2.16.